The van der Waals surface area contributed by atoms with Gasteiger partial charge in [0.2, 0.25) is 5.91 Å². The molecule has 0 aromatic heterocycles. The van der Waals surface area contributed by atoms with E-state index in [9.17, 15) is 18.0 Å². The molecule has 1 saturated heterocycles. The Morgan fingerprint density at radius 1 is 0.963 bits per heavy atom. The third-order valence-electron chi connectivity index (χ3n) is 4.85. The van der Waals surface area contributed by atoms with E-state index >= 15 is 0 Å². The molecule has 1 N–H and O–H groups in total. The molecule has 27 heavy (non-hydrogen) atoms. The van der Waals surface area contributed by atoms with Gasteiger partial charge < -0.3 is 10.2 Å². The molecule has 1 fully saturated rings. The molecule has 4 nitrogen and oxygen atoms in total. The maximum atomic E-state index is 13.1. The highest BCUT2D eigenvalue weighted by atomic mass is 19.4. The molecule has 2 aromatic rings. The molecule has 1 heterocycles. The second kappa shape index (κ2) is 8.00. The minimum Gasteiger partial charge on any atom is -0.369 e. The lowest BCUT2D eigenvalue weighted by Gasteiger charge is -2.38. The van der Waals surface area contributed by atoms with Crippen molar-refractivity contribution in [1.29, 1.82) is 0 Å². The maximum Gasteiger partial charge on any atom is 0.418 e. The zero-order valence-corrected chi connectivity index (χ0v) is 15.0. The number of rotatable bonds is 4. The Morgan fingerprint density at radius 3 is 2.19 bits per heavy atom. The van der Waals surface area contributed by atoms with E-state index in [0.717, 1.165) is 24.8 Å². The molecule has 0 aliphatic carbocycles. The van der Waals surface area contributed by atoms with Crippen LogP contribution in [-0.4, -0.2) is 43.0 Å². The number of halogens is 3. The molecule has 1 amide bonds. The maximum absolute atomic E-state index is 13.1. The van der Waals surface area contributed by atoms with Crippen molar-refractivity contribution in [3.8, 4) is 0 Å². The second-order valence-electron chi connectivity index (χ2n) is 6.57. The first-order chi connectivity index (χ1) is 12.9. The van der Waals surface area contributed by atoms with Gasteiger partial charge in [0.1, 0.15) is 0 Å². The Hall–Kier alpha value is -2.54. The number of alkyl halides is 3. The van der Waals surface area contributed by atoms with E-state index in [4.69, 9.17) is 0 Å². The molecule has 0 spiro atoms. The Kier molecular flexibility index (Phi) is 5.70. The topological polar surface area (TPSA) is 35.6 Å². The number of benzene rings is 2. The van der Waals surface area contributed by atoms with Gasteiger partial charge in [-0.15, -0.1) is 0 Å². The average molecular weight is 377 g/mol. The molecule has 2 aromatic carbocycles. The Bertz CT molecular complexity index is 772. The molecular weight excluding hydrogens is 355 g/mol. The Morgan fingerprint density at radius 2 is 1.56 bits per heavy atom. The number of nitrogens with zero attached hydrogens (tertiary/aromatic N) is 2. The fraction of sp³-hybridized carbons (Fsp3) is 0.350. The second-order valence-corrected chi connectivity index (χ2v) is 6.57. The number of para-hydroxylation sites is 2. The molecule has 1 atom stereocenters. The van der Waals surface area contributed by atoms with Gasteiger partial charge in [-0.1, -0.05) is 30.3 Å². The standard InChI is InChI=1S/C20H22F3N3O/c1-15(19(27)24-18-10-6-5-9-17(18)20(21,22)23)25-11-13-26(14-12-25)16-7-3-2-4-8-16/h2-10,15H,11-14H2,1H3,(H,24,27)/t15-/m1/s1. The van der Waals surface area contributed by atoms with Crippen LogP contribution < -0.4 is 10.2 Å². The zero-order valence-electron chi connectivity index (χ0n) is 15.0. The predicted octanol–water partition coefficient (Wildman–Crippen LogP) is 3.85. The van der Waals surface area contributed by atoms with Gasteiger partial charge in [-0.2, -0.15) is 13.2 Å². The zero-order chi connectivity index (χ0) is 19.4. The predicted molar refractivity (Wildman–Crippen MR) is 99.8 cm³/mol. The van der Waals surface area contributed by atoms with E-state index in [1.807, 2.05) is 35.2 Å². The van der Waals surface area contributed by atoms with Crippen molar-refractivity contribution in [2.24, 2.45) is 0 Å². The first-order valence-electron chi connectivity index (χ1n) is 8.87. The van der Waals surface area contributed by atoms with Crippen LogP contribution in [0.3, 0.4) is 0 Å². The largest absolute Gasteiger partial charge is 0.418 e. The lowest BCUT2D eigenvalue weighted by molar-refractivity contribution is -0.137. The van der Waals surface area contributed by atoms with Crippen LogP contribution in [0.4, 0.5) is 24.5 Å². The number of anilines is 2. The third-order valence-corrected chi connectivity index (χ3v) is 4.85. The normalized spacial score (nSPS) is 16.8. The summed E-state index contributed by atoms with van der Waals surface area (Å²) in [7, 11) is 0. The monoisotopic (exact) mass is 377 g/mol. The van der Waals surface area contributed by atoms with Crippen LogP contribution in [-0.2, 0) is 11.0 Å². The smallest absolute Gasteiger partial charge is 0.369 e. The summed E-state index contributed by atoms with van der Waals surface area (Å²) in [4.78, 5) is 16.7. The summed E-state index contributed by atoms with van der Waals surface area (Å²) in [6, 6.07) is 14.5. The highest BCUT2D eigenvalue weighted by Crippen LogP contribution is 2.34. The third kappa shape index (κ3) is 4.60. The average Bonchev–Trinajstić information content (AvgIpc) is 2.68. The van der Waals surface area contributed by atoms with Crippen LogP contribution in [0.5, 0.6) is 0 Å². The van der Waals surface area contributed by atoms with Crippen LogP contribution in [0.15, 0.2) is 54.6 Å². The van der Waals surface area contributed by atoms with Gasteiger partial charge in [0.25, 0.3) is 0 Å². The minimum absolute atomic E-state index is 0.204. The van der Waals surface area contributed by atoms with Crippen LogP contribution in [0.1, 0.15) is 12.5 Å². The van der Waals surface area contributed by atoms with Crippen molar-refractivity contribution in [3.05, 3.63) is 60.2 Å². The van der Waals surface area contributed by atoms with Crippen LogP contribution in [0.25, 0.3) is 0 Å². The van der Waals surface area contributed by atoms with Gasteiger partial charge in [-0.05, 0) is 31.2 Å². The number of piperazine rings is 1. The van der Waals surface area contributed by atoms with E-state index < -0.39 is 23.7 Å². The molecule has 1 aliphatic heterocycles. The molecule has 0 saturated carbocycles. The molecule has 0 unspecified atom stereocenters. The van der Waals surface area contributed by atoms with Gasteiger partial charge in [0.15, 0.2) is 0 Å². The summed E-state index contributed by atoms with van der Waals surface area (Å²) >= 11 is 0. The molecule has 7 heteroatoms. The van der Waals surface area contributed by atoms with Gasteiger partial charge >= 0.3 is 6.18 Å². The van der Waals surface area contributed by atoms with Gasteiger partial charge in [0, 0.05) is 31.9 Å². The summed E-state index contributed by atoms with van der Waals surface area (Å²) < 4.78 is 39.3. The van der Waals surface area contributed by atoms with E-state index in [0.29, 0.717) is 13.1 Å². The van der Waals surface area contributed by atoms with Crippen molar-refractivity contribution < 1.29 is 18.0 Å². The first-order valence-corrected chi connectivity index (χ1v) is 8.87. The number of nitrogens with one attached hydrogen (secondary N) is 1. The fourth-order valence-corrected chi connectivity index (χ4v) is 3.25. The number of carbonyl (C=O) groups excluding carboxylic acids is 1. The highest BCUT2D eigenvalue weighted by molar-refractivity contribution is 5.95. The summed E-state index contributed by atoms with van der Waals surface area (Å²) in [6.07, 6.45) is -4.51. The van der Waals surface area contributed by atoms with E-state index in [1.165, 1.54) is 18.2 Å². The van der Waals surface area contributed by atoms with E-state index in [2.05, 4.69) is 10.2 Å². The van der Waals surface area contributed by atoms with E-state index in [-0.39, 0.29) is 5.69 Å². The molecular formula is C20H22F3N3O. The molecule has 144 valence electrons. The minimum atomic E-state index is -4.51. The molecule has 0 radical (unpaired) electrons. The van der Waals surface area contributed by atoms with Gasteiger partial charge in [-0.3, -0.25) is 9.69 Å². The molecule has 0 bridgehead atoms. The number of hydrogen-bond donors (Lipinski definition) is 1. The fourth-order valence-electron chi connectivity index (χ4n) is 3.25. The summed E-state index contributed by atoms with van der Waals surface area (Å²) in [5.41, 5.74) is 0.0950. The quantitative estimate of drug-likeness (QED) is 0.879. The number of amides is 1. The summed E-state index contributed by atoms with van der Waals surface area (Å²) in [5, 5.41) is 2.44. The van der Waals surface area contributed by atoms with Crippen molar-refractivity contribution in [1.82, 2.24) is 4.90 Å². The first kappa shape index (κ1) is 19.2. The Balaban J connectivity index is 1.61. The number of hydrogen-bond acceptors (Lipinski definition) is 3. The summed E-state index contributed by atoms with van der Waals surface area (Å²) in [5.74, 6) is -0.431. The van der Waals surface area contributed by atoms with Gasteiger partial charge in [0.05, 0.1) is 17.3 Å². The molecule has 3 rings (SSSR count). The number of carbonyl (C=O) groups is 1. The van der Waals surface area contributed by atoms with E-state index in [1.54, 1.807) is 6.92 Å². The van der Waals surface area contributed by atoms with Crippen molar-refractivity contribution >= 4 is 17.3 Å². The Labute approximate surface area is 156 Å². The SMILES string of the molecule is C[C@H](C(=O)Nc1ccccc1C(F)(F)F)N1CCN(c2ccccc2)CC1. The van der Waals surface area contributed by atoms with Crippen LogP contribution in [0, 0.1) is 0 Å². The van der Waals surface area contributed by atoms with Gasteiger partial charge in [-0.25, -0.2) is 0 Å². The lowest BCUT2D eigenvalue weighted by Crippen LogP contribution is -2.52. The van der Waals surface area contributed by atoms with Crippen LogP contribution >= 0.6 is 0 Å². The highest BCUT2D eigenvalue weighted by Gasteiger charge is 2.34. The van der Waals surface area contributed by atoms with Crippen molar-refractivity contribution in [2.75, 3.05) is 36.4 Å². The van der Waals surface area contributed by atoms with Crippen molar-refractivity contribution in [3.63, 3.8) is 0 Å². The lowest BCUT2D eigenvalue weighted by atomic mass is 10.1. The molecule has 1 aliphatic rings. The van der Waals surface area contributed by atoms with Crippen molar-refractivity contribution in [2.45, 2.75) is 19.1 Å². The van der Waals surface area contributed by atoms with Crippen LogP contribution in [0.2, 0.25) is 0 Å². The summed E-state index contributed by atoms with van der Waals surface area (Å²) in [6.45, 7) is 4.60.